The maximum atomic E-state index is 12.1. The van der Waals surface area contributed by atoms with Gasteiger partial charge in [-0.1, -0.05) is 0 Å². The van der Waals surface area contributed by atoms with Crippen LogP contribution in [0.3, 0.4) is 0 Å². The van der Waals surface area contributed by atoms with E-state index in [-0.39, 0.29) is 12.5 Å². The second kappa shape index (κ2) is 4.88. The highest BCUT2D eigenvalue weighted by atomic mass is 16.5. The summed E-state index contributed by atoms with van der Waals surface area (Å²) in [7, 11) is 0. The molecule has 2 atom stereocenters. The van der Waals surface area contributed by atoms with Gasteiger partial charge in [-0.05, 0) is 39.0 Å². The predicted octanol–water partition coefficient (Wildman–Crippen LogP) is 1.12. The van der Waals surface area contributed by atoms with Gasteiger partial charge < -0.3 is 14.7 Å². The van der Waals surface area contributed by atoms with Crippen molar-refractivity contribution in [2.24, 2.45) is 11.3 Å². The van der Waals surface area contributed by atoms with E-state index >= 15 is 0 Å². The number of hydrogen-bond acceptors (Lipinski definition) is 3. The van der Waals surface area contributed by atoms with E-state index in [1.165, 1.54) is 12.8 Å². The molecule has 0 bridgehead atoms. The third-order valence-electron chi connectivity index (χ3n) is 3.93. The molecule has 0 aromatic heterocycles. The fourth-order valence-corrected chi connectivity index (χ4v) is 2.22. The molecule has 1 aliphatic carbocycles. The predicted molar refractivity (Wildman–Crippen MR) is 65.1 cm³/mol. The monoisotopic (exact) mass is 255 g/mol. The molecule has 18 heavy (non-hydrogen) atoms. The van der Waals surface area contributed by atoms with Crippen molar-refractivity contribution >= 4 is 11.9 Å². The summed E-state index contributed by atoms with van der Waals surface area (Å²) in [6, 6.07) is 0. The average molecular weight is 255 g/mol. The molecular formula is C13H21NO4. The highest BCUT2D eigenvalue weighted by Crippen LogP contribution is 2.31. The summed E-state index contributed by atoms with van der Waals surface area (Å²) in [6.45, 7) is 4.90. The van der Waals surface area contributed by atoms with Crippen LogP contribution in [0.25, 0.3) is 0 Å². The molecule has 0 radical (unpaired) electrons. The molecule has 0 aromatic carbocycles. The van der Waals surface area contributed by atoms with Crippen molar-refractivity contribution in [2.75, 3.05) is 19.7 Å². The van der Waals surface area contributed by atoms with Crippen LogP contribution in [-0.4, -0.2) is 47.7 Å². The van der Waals surface area contributed by atoms with Gasteiger partial charge in [0.1, 0.15) is 6.10 Å². The van der Waals surface area contributed by atoms with Gasteiger partial charge in [0.25, 0.3) is 5.91 Å². The largest absolute Gasteiger partial charge is 0.481 e. The van der Waals surface area contributed by atoms with Crippen molar-refractivity contribution in [3.05, 3.63) is 0 Å². The molecule has 1 saturated carbocycles. The molecule has 5 heteroatoms. The number of carboxylic acid groups (broad SMARTS) is 1. The minimum absolute atomic E-state index is 0.0828. The number of rotatable bonds is 5. The average Bonchev–Trinajstić information content (AvgIpc) is 3.07. The molecule has 5 nitrogen and oxygen atoms in total. The van der Waals surface area contributed by atoms with Gasteiger partial charge >= 0.3 is 5.97 Å². The Morgan fingerprint density at radius 1 is 1.50 bits per heavy atom. The van der Waals surface area contributed by atoms with Gasteiger partial charge in [0.2, 0.25) is 0 Å². The zero-order valence-corrected chi connectivity index (χ0v) is 11.0. The number of carbonyl (C=O) groups is 2. The van der Waals surface area contributed by atoms with Crippen LogP contribution in [0.4, 0.5) is 0 Å². The lowest BCUT2D eigenvalue weighted by Gasteiger charge is -2.23. The number of hydrogen-bond donors (Lipinski definition) is 1. The first kappa shape index (κ1) is 13.3. The van der Waals surface area contributed by atoms with Gasteiger partial charge in [0.15, 0.2) is 0 Å². The van der Waals surface area contributed by atoms with Crippen LogP contribution in [0.1, 0.15) is 33.1 Å². The van der Waals surface area contributed by atoms with Crippen LogP contribution in [0.15, 0.2) is 0 Å². The third-order valence-corrected chi connectivity index (χ3v) is 3.93. The van der Waals surface area contributed by atoms with Gasteiger partial charge in [-0.3, -0.25) is 9.59 Å². The molecule has 2 fully saturated rings. The van der Waals surface area contributed by atoms with Crippen molar-refractivity contribution in [3.63, 3.8) is 0 Å². The summed E-state index contributed by atoms with van der Waals surface area (Å²) in [5.74, 6) is -0.284. The van der Waals surface area contributed by atoms with E-state index in [2.05, 4.69) is 0 Å². The summed E-state index contributed by atoms with van der Waals surface area (Å²) >= 11 is 0. The number of aliphatic carboxylic acids is 1. The van der Waals surface area contributed by atoms with E-state index in [0.717, 1.165) is 0 Å². The number of amides is 1. The summed E-state index contributed by atoms with van der Waals surface area (Å²) in [5.41, 5.74) is -0.800. The van der Waals surface area contributed by atoms with Crippen LogP contribution in [-0.2, 0) is 14.3 Å². The second-order valence-corrected chi connectivity index (χ2v) is 5.79. The maximum absolute atomic E-state index is 12.1. The van der Waals surface area contributed by atoms with Gasteiger partial charge in [-0.2, -0.15) is 0 Å². The Bertz CT molecular complexity index is 353. The zero-order valence-electron chi connectivity index (χ0n) is 11.0. The fourth-order valence-electron chi connectivity index (χ4n) is 2.22. The van der Waals surface area contributed by atoms with Gasteiger partial charge in [-0.25, -0.2) is 0 Å². The summed E-state index contributed by atoms with van der Waals surface area (Å²) in [4.78, 5) is 24.8. The van der Waals surface area contributed by atoms with E-state index in [0.29, 0.717) is 25.5 Å². The van der Waals surface area contributed by atoms with Crippen LogP contribution in [0.2, 0.25) is 0 Å². The third kappa shape index (κ3) is 2.83. The molecule has 102 valence electrons. The van der Waals surface area contributed by atoms with Crippen LogP contribution in [0, 0.1) is 11.3 Å². The molecule has 0 spiro atoms. The van der Waals surface area contributed by atoms with E-state index in [1.807, 2.05) is 0 Å². The quantitative estimate of drug-likeness (QED) is 0.799. The smallest absolute Gasteiger partial charge is 0.311 e. The lowest BCUT2D eigenvalue weighted by Crippen LogP contribution is -2.40. The first-order chi connectivity index (χ1) is 8.42. The van der Waals surface area contributed by atoms with Crippen molar-refractivity contribution in [3.8, 4) is 0 Å². The Morgan fingerprint density at radius 3 is 2.67 bits per heavy atom. The highest BCUT2D eigenvalue weighted by Gasteiger charge is 2.43. The Balaban J connectivity index is 1.83. The summed E-state index contributed by atoms with van der Waals surface area (Å²) < 4.78 is 5.53. The molecule has 1 aliphatic heterocycles. The van der Waals surface area contributed by atoms with Crippen LogP contribution in [0.5, 0.6) is 0 Å². The lowest BCUT2D eigenvalue weighted by molar-refractivity contribution is -0.148. The summed E-state index contributed by atoms with van der Waals surface area (Å²) in [6.07, 6.45) is 2.45. The van der Waals surface area contributed by atoms with E-state index in [4.69, 9.17) is 9.84 Å². The molecule has 1 N–H and O–H groups in total. The summed E-state index contributed by atoms with van der Waals surface area (Å²) in [5, 5.41) is 9.13. The topological polar surface area (TPSA) is 66.8 Å². The molecule has 2 aliphatic rings. The number of nitrogens with zero attached hydrogens (tertiary/aromatic N) is 1. The number of likely N-dealkylation sites (tertiary alicyclic amines) is 1. The fraction of sp³-hybridized carbons (Fsp3) is 0.846. The van der Waals surface area contributed by atoms with E-state index in [9.17, 15) is 9.59 Å². The Kier molecular flexibility index (Phi) is 3.61. The number of carboxylic acids is 1. The normalized spacial score (nSPS) is 29.3. The molecule has 1 heterocycles. The van der Waals surface area contributed by atoms with Crippen LogP contribution >= 0.6 is 0 Å². The van der Waals surface area contributed by atoms with E-state index in [1.54, 1.807) is 18.7 Å². The maximum Gasteiger partial charge on any atom is 0.311 e. The minimum atomic E-state index is -0.829. The molecule has 0 aromatic rings. The molecule has 1 saturated heterocycles. The van der Waals surface area contributed by atoms with Crippen molar-refractivity contribution in [1.29, 1.82) is 0 Å². The van der Waals surface area contributed by atoms with Crippen molar-refractivity contribution < 1.29 is 19.4 Å². The SMILES string of the molecule is C[C@H](OCC1CC1)C(=O)N1CC[C@](C)(C(=O)O)C1. The van der Waals surface area contributed by atoms with Crippen LogP contribution < -0.4 is 0 Å². The Hall–Kier alpha value is -1.10. The van der Waals surface area contributed by atoms with E-state index < -0.39 is 17.5 Å². The molecular weight excluding hydrogens is 234 g/mol. The standard InChI is InChI=1S/C13H21NO4/c1-9(18-7-10-3-4-10)11(15)14-6-5-13(2,8-14)12(16)17/h9-10H,3-8H2,1-2H3,(H,16,17)/t9-,13-/m0/s1. The molecule has 2 rings (SSSR count). The molecule has 1 amide bonds. The first-order valence-corrected chi connectivity index (χ1v) is 6.56. The van der Waals surface area contributed by atoms with Gasteiger partial charge in [0.05, 0.1) is 12.0 Å². The number of ether oxygens (including phenoxy) is 1. The highest BCUT2D eigenvalue weighted by molar-refractivity contribution is 5.83. The van der Waals surface area contributed by atoms with Crippen molar-refractivity contribution in [2.45, 2.75) is 39.2 Å². The Morgan fingerprint density at radius 2 is 2.17 bits per heavy atom. The first-order valence-electron chi connectivity index (χ1n) is 6.56. The second-order valence-electron chi connectivity index (χ2n) is 5.79. The lowest BCUT2D eigenvalue weighted by atomic mass is 9.90. The van der Waals surface area contributed by atoms with Crippen molar-refractivity contribution in [1.82, 2.24) is 4.90 Å². The van der Waals surface area contributed by atoms with Gasteiger partial charge in [-0.15, -0.1) is 0 Å². The molecule has 0 unspecified atom stereocenters. The zero-order chi connectivity index (χ0) is 13.3. The number of carbonyl (C=O) groups excluding carboxylic acids is 1. The van der Waals surface area contributed by atoms with Gasteiger partial charge in [0, 0.05) is 13.1 Å². The minimum Gasteiger partial charge on any atom is -0.481 e. The Labute approximate surface area is 107 Å².